The molecule has 0 aliphatic carbocycles. The van der Waals surface area contributed by atoms with Crippen LogP contribution in [0.3, 0.4) is 0 Å². The third-order valence-electron chi connectivity index (χ3n) is 5.27. The van der Waals surface area contributed by atoms with Crippen LogP contribution in [-0.4, -0.2) is 31.1 Å². The lowest BCUT2D eigenvalue weighted by molar-refractivity contribution is -0.118. The van der Waals surface area contributed by atoms with Crippen molar-refractivity contribution >= 4 is 62.8 Å². The number of anilines is 2. The van der Waals surface area contributed by atoms with Gasteiger partial charge in [0, 0.05) is 10.7 Å². The van der Waals surface area contributed by atoms with E-state index in [1.807, 2.05) is 38.1 Å². The molecule has 8 nitrogen and oxygen atoms in total. The quantitative estimate of drug-likeness (QED) is 0.253. The number of hydrogen-bond donors (Lipinski definition) is 2. The van der Waals surface area contributed by atoms with E-state index in [0.29, 0.717) is 44.5 Å². The summed E-state index contributed by atoms with van der Waals surface area (Å²) in [6, 6.07) is 16.7. The smallest absolute Gasteiger partial charge is 0.333 e. The highest BCUT2D eigenvalue weighted by molar-refractivity contribution is 9.10. The standard InChI is InChI=1S/C27H23BrClN3O5/c1-3-36-23-13-17(12-22-26(34)32(27(35)31-22)20-6-4-5-18(29)14-20)11-21(28)25(23)37-15-24(33)30-19-9-7-16(2)8-10-19/h4-14H,3,15H2,1-2H3,(H,30,33)(H,31,35)/b22-12+. The topological polar surface area (TPSA) is 97.0 Å². The molecule has 4 amide bonds. The zero-order valence-corrected chi connectivity index (χ0v) is 22.4. The summed E-state index contributed by atoms with van der Waals surface area (Å²) in [7, 11) is 0. The maximum Gasteiger partial charge on any atom is 0.333 e. The van der Waals surface area contributed by atoms with Crippen LogP contribution in [-0.2, 0) is 9.59 Å². The van der Waals surface area contributed by atoms with Crippen LogP contribution in [0.4, 0.5) is 16.2 Å². The second-order valence-electron chi connectivity index (χ2n) is 8.07. The summed E-state index contributed by atoms with van der Waals surface area (Å²) in [4.78, 5) is 38.9. The molecule has 190 valence electrons. The predicted octanol–water partition coefficient (Wildman–Crippen LogP) is 5.92. The molecule has 3 aromatic rings. The zero-order chi connectivity index (χ0) is 26.5. The molecule has 2 N–H and O–H groups in total. The van der Waals surface area contributed by atoms with Gasteiger partial charge in [0.15, 0.2) is 18.1 Å². The van der Waals surface area contributed by atoms with Crippen molar-refractivity contribution < 1.29 is 23.9 Å². The predicted molar refractivity (Wildman–Crippen MR) is 146 cm³/mol. The minimum absolute atomic E-state index is 0.0884. The summed E-state index contributed by atoms with van der Waals surface area (Å²) >= 11 is 9.48. The molecule has 0 saturated carbocycles. The summed E-state index contributed by atoms with van der Waals surface area (Å²) in [5, 5.41) is 5.77. The molecule has 0 spiro atoms. The van der Waals surface area contributed by atoms with Crippen molar-refractivity contribution in [1.82, 2.24) is 5.32 Å². The van der Waals surface area contributed by atoms with Crippen molar-refractivity contribution in [2.45, 2.75) is 13.8 Å². The molecule has 1 aliphatic heterocycles. The molecule has 0 bridgehead atoms. The number of urea groups is 1. The molecule has 4 rings (SSSR count). The van der Waals surface area contributed by atoms with Gasteiger partial charge in [0.2, 0.25) is 0 Å². The van der Waals surface area contributed by atoms with Gasteiger partial charge in [-0.05, 0) is 83.9 Å². The Bertz CT molecular complexity index is 1390. The number of nitrogens with zero attached hydrogens (tertiary/aromatic N) is 1. The highest BCUT2D eigenvalue weighted by atomic mass is 79.9. The molecule has 1 saturated heterocycles. The lowest BCUT2D eigenvalue weighted by Crippen LogP contribution is -2.30. The van der Waals surface area contributed by atoms with Gasteiger partial charge in [0.25, 0.3) is 11.8 Å². The lowest BCUT2D eigenvalue weighted by Gasteiger charge is -2.15. The highest BCUT2D eigenvalue weighted by Crippen LogP contribution is 2.38. The number of carbonyl (C=O) groups is 3. The van der Waals surface area contributed by atoms with Gasteiger partial charge in [-0.2, -0.15) is 0 Å². The number of carbonyl (C=O) groups excluding carboxylic acids is 3. The molecule has 37 heavy (non-hydrogen) atoms. The number of imide groups is 1. The van der Waals surface area contributed by atoms with Crippen LogP contribution < -0.4 is 25.0 Å². The van der Waals surface area contributed by atoms with E-state index in [-0.39, 0.29) is 18.2 Å². The SMILES string of the molecule is CCOc1cc(/C=C2/NC(=O)N(c3cccc(Cl)c3)C2=O)cc(Br)c1OCC(=O)Nc1ccc(C)cc1. The minimum Gasteiger partial charge on any atom is -0.490 e. The first kappa shape index (κ1) is 26.2. The molecule has 1 heterocycles. The first-order valence-corrected chi connectivity index (χ1v) is 12.5. The number of aryl methyl sites for hydroxylation is 1. The fourth-order valence-corrected chi connectivity index (χ4v) is 4.36. The van der Waals surface area contributed by atoms with Crippen LogP contribution in [0.5, 0.6) is 11.5 Å². The molecule has 0 aromatic heterocycles. The average molecular weight is 585 g/mol. The third-order valence-corrected chi connectivity index (χ3v) is 6.09. The molecular weight excluding hydrogens is 562 g/mol. The van der Waals surface area contributed by atoms with E-state index in [0.717, 1.165) is 10.5 Å². The lowest BCUT2D eigenvalue weighted by atomic mass is 10.1. The van der Waals surface area contributed by atoms with Crippen molar-refractivity contribution in [3.63, 3.8) is 0 Å². The average Bonchev–Trinajstić information content (AvgIpc) is 3.12. The minimum atomic E-state index is -0.581. The van der Waals surface area contributed by atoms with E-state index in [2.05, 4.69) is 26.6 Å². The van der Waals surface area contributed by atoms with Gasteiger partial charge in [-0.1, -0.05) is 35.4 Å². The second kappa shape index (κ2) is 11.5. The van der Waals surface area contributed by atoms with E-state index < -0.39 is 11.9 Å². The Hall–Kier alpha value is -3.82. The molecule has 0 atom stereocenters. The van der Waals surface area contributed by atoms with Crippen LogP contribution >= 0.6 is 27.5 Å². The molecule has 3 aromatic carbocycles. The molecule has 10 heteroatoms. The summed E-state index contributed by atoms with van der Waals surface area (Å²) in [5.74, 6) is -0.139. The van der Waals surface area contributed by atoms with Crippen molar-refractivity contribution in [3.8, 4) is 11.5 Å². The van der Waals surface area contributed by atoms with E-state index in [1.54, 1.807) is 30.3 Å². The molecule has 1 aliphatic rings. The Morgan fingerprint density at radius 3 is 2.57 bits per heavy atom. The molecular formula is C27H23BrClN3O5. The Morgan fingerprint density at radius 2 is 1.86 bits per heavy atom. The second-order valence-corrected chi connectivity index (χ2v) is 9.37. The van der Waals surface area contributed by atoms with Crippen LogP contribution in [0.1, 0.15) is 18.1 Å². The van der Waals surface area contributed by atoms with Gasteiger partial charge in [-0.3, -0.25) is 9.59 Å². The van der Waals surface area contributed by atoms with Crippen molar-refractivity contribution in [2.75, 3.05) is 23.4 Å². The van der Waals surface area contributed by atoms with E-state index in [1.165, 1.54) is 12.1 Å². The fraction of sp³-hybridized carbons (Fsp3) is 0.148. The van der Waals surface area contributed by atoms with Crippen molar-refractivity contribution in [3.05, 3.63) is 87.0 Å². The van der Waals surface area contributed by atoms with Crippen LogP contribution in [0, 0.1) is 6.92 Å². The Morgan fingerprint density at radius 1 is 1.11 bits per heavy atom. The number of rotatable bonds is 8. The molecule has 0 unspecified atom stereocenters. The van der Waals surface area contributed by atoms with E-state index in [9.17, 15) is 14.4 Å². The monoisotopic (exact) mass is 583 g/mol. The Kier molecular flexibility index (Phi) is 8.15. The highest BCUT2D eigenvalue weighted by Gasteiger charge is 2.35. The van der Waals surface area contributed by atoms with E-state index in [4.69, 9.17) is 21.1 Å². The third kappa shape index (κ3) is 6.31. The maximum absolute atomic E-state index is 13.0. The summed E-state index contributed by atoms with van der Waals surface area (Å²) < 4.78 is 12.0. The van der Waals surface area contributed by atoms with Crippen LogP contribution in [0.25, 0.3) is 6.08 Å². The summed E-state index contributed by atoms with van der Waals surface area (Å²) in [6.07, 6.45) is 1.53. The summed E-state index contributed by atoms with van der Waals surface area (Å²) in [5.41, 5.74) is 2.78. The van der Waals surface area contributed by atoms with Gasteiger partial charge in [0.1, 0.15) is 5.70 Å². The number of ether oxygens (including phenoxy) is 2. The number of nitrogens with one attached hydrogen (secondary N) is 2. The van der Waals surface area contributed by atoms with Gasteiger partial charge in [0.05, 0.1) is 16.8 Å². The van der Waals surface area contributed by atoms with Gasteiger partial charge in [-0.15, -0.1) is 0 Å². The maximum atomic E-state index is 13.0. The zero-order valence-electron chi connectivity index (χ0n) is 20.0. The number of halogens is 2. The fourth-order valence-electron chi connectivity index (χ4n) is 3.60. The Balaban J connectivity index is 1.52. The first-order chi connectivity index (χ1) is 17.7. The van der Waals surface area contributed by atoms with E-state index >= 15 is 0 Å². The van der Waals surface area contributed by atoms with Gasteiger partial charge < -0.3 is 20.1 Å². The van der Waals surface area contributed by atoms with Crippen LogP contribution in [0.15, 0.2) is 70.8 Å². The van der Waals surface area contributed by atoms with Crippen LogP contribution in [0.2, 0.25) is 5.02 Å². The number of hydrogen-bond acceptors (Lipinski definition) is 5. The van der Waals surface area contributed by atoms with Crippen molar-refractivity contribution in [1.29, 1.82) is 0 Å². The Labute approximate surface area is 227 Å². The molecule has 1 fully saturated rings. The van der Waals surface area contributed by atoms with Gasteiger partial charge in [-0.25, -0.2) is 9.69 Å². The normalized spacial score (nSPS) is 14.1. The molecule has 0 radical (unpaired) electrons. The number of amides is 4. The van der Waals surface area contributed by atoms with Gasteiger partial charge >= 0.3 is 6.03 Å². The number of benzene rings is 3. The first-order valence-electron chi connectivity index (χ1n) is 11.3. The van der Waals surface area contributed by atoms with Crippen molar-refractivity contribution in [2.24, 2.45) is 0 Å². The summed E-state index contributed by atoms with van der Waals surface area (Å²) in [6.45, 7) is 3.89. The largest absolute Gasteiger partial charge is 0.490 e.